The fourth-order valence-electron chi connectivity index (χ4n) is 2.39. The van der Waals surface area contributed by atoms with Crippen molar-refractivity contribution in [2.24, 2.45) is 5.92 Å². The molecule has 1 aliphatic heterocycles. The van der Waals surface area contributed by atoms with Gasteiger partial charge in [-0.2, -0.15) is 0 Å². The van der Waals surface area contributed by atoms with Gasteiger partial charge in [0, 0.05) is 38.2 Å². The summed E-state index contributed by atoms with van der Waals surface area (Å²) in [6.45, 7) is 2.63. The van der Waals surface area contributed by atoms with Crippen LogP contribution < -0.4 is 5.32 Å². The molecule has 1 aromatic rings. The first-order valence-corrected chi connectivity index (χ1v) is 5.90. The number of nitrogens with zero attached hydrogens (tertiary/aromatic N) is 1. The van der Waals surface area contributed by atoms with Crippen LogP contribution in [0.2, 0.25) is 0 Å². The van der Waals surface area contributed by atoms with Gasteiger partial charge in [-0.25, -0.2) is 0 Å². The third-order valence-electron chi connectivity index (χ3n) is 3.28. The summed E-state index contributed by atoms with van der Waals surface area (Å²) in [5, 5.41) is 12.0. The van der Waals surface area contributed by atoms with E-state index in [2.05, 4.69) is 22.3 Å². The Labute approximate surface area is 101 Å². The monoisotopic (exact) mass is 234 g/mol. The van der Waals surface area contributed by atoms with Gasteiger partial charge in [-0.05, 0) is 5.56 Å². The van der Waals surface area contributed by atoms with Crippen LogP contribution in [0, 0.1) is 5.92 Å². The van der Waals surface area contributed by atoms with Crippen LogP contribution in [0.15, 0.2) is 30.3 Å². The van der Waals surface area contributed by atoms with Crippen molar-refractivity contribution in [3.05, 3.63) is 35.9 Å². The maximum Gasteiger partial charge on any atom is 0.207 e. The van der Waals surface area contributed by atoms with E-state index in [9.17, 15) is 9.90 Å². The van der Waals surface area contributed by atoms with Crippen molar-refractivity contribution in [3.63, 3.8) is 0 Å². The third-order valence-corrected chi connectivity index (χ3v) is 3.28. The lowest BCUT2D eigenvalue weighted by Crippen LogP contribution is -2.36. The summed E-state index contributed by atoms with van der Waals surface area (Å²) in [5.74, 6) is 0.143. The number of aliphatic hydroxyl groups excluding tert-OH is 1. The highest BCUT2D eigenvalue weighted by molar-refractivity contribution is 5.47. The van der Waals surface area contributed by atoms with E-state index in [0.29, 0.717) is 0 Å². The minimum absolute atomic E-state index is 0.0706. The van der Waals surface area contributed by atoms with E-state index in [-0.39, 0.29) is 18.6 Å². The number of likely N-dealkylation sites (tertiary alicyclic amines) is 1. The first-order valence-electron chi connectivity index (χ1n) is 5.90. The van der Waals surface area contributed by atoms with Gasteiger partial charge in [0.1, 0.15) is 0 Å². The first kappa shape index (κ1) is 12.1. The van der Waals surface area contributed by atoms with Crippen LogP contribution in [0.4, 0.5) is 0 Å². The SMILES string of the molecule is O=CN[C@H]1CN(Cc2ccccc2)CC1CO. The van der Waals surface area contributed by atoms with Crippen LogP contribution >= 0.6 is 0 Å². The van der Waals surface area contributed by atoms with Gasteiger partial charge >= 0.3 is 0 Å². The molecule has 17 heavy (non-hydrogen) atoms. The number of carbonyl (C=O) groups is 1. The molecule has 2 N–H and O–H groups in total. The Morgan fingerprint density at radius 2 is 2.12 bits per heavy atom. The minimum atomic E-state index is 0.0706. The molecule has 1 amide bonds. The number of hydrogen-bond donors (Lipinski definition) is 2. The lowest BCUT2D eigenvalue weighted by Gasteiger charge is -2.15. The second kappa shape index (κ2) is 5.80. The molecule has 92 valence electrons. The fourth-order valence-corrected chi connectivity index (χ4v) is 2.39. The molecule has 0 aliphatic carbocycles. The van der Waals surface area contributed by atoms with Crippen molar-refractivity contribution in [1.82, 2.24) is 10.2 Å². The molecular formula is C13H18N2O2. The van der Waals surface area contributed by atoms with Crippen molar-refractivity contribution in [1.29, 1.82) is 0 Å². The van der Waals surface area contributed by atoms with Crippen molar-refractivity contribution >= 4 is 6.41 Å². The zero-order valence-electron chi connectivity index (χ0n) is 9.75. The summed E-state index contributed by atoms with van der Waals surface area (Å²) in [6.07, 6.45) is 0.722. The smallest absolute Gasteiger partial charge is 0.207 e. The third kappa shape index (κ3) is 3.05. The van der Waals surface area contributed by atoms with E-state index < -0.39 is 0 Å². The van der Waals surface area contributed by atoms with Gasteiger partial charge in [0.15, 0.2) is 0 Å². The first-order chi connectivity index (χ1) is 8.33. The van der Waals surface area contributed by atoms with Gasteiger partial charge in [-0.3, -0.25) is 9.69 Å². The number of hydrogen-bond acceptors (Lipinski definition) is 3. The quantitative estimate of drug-likeness (QED) is 0.717. The summed E-state index contributed by atoms with van der Waals surface area (Å²) < 4.78 is 0. The van der Waals surface area contributed by atoms with Crippen LogP contribution in [0.1, 0.15) is 5.56 Å². The molecule has 0 saturated carbocycles. The lowest BCUT2D eigenvalue weighted by atomic mass is 10.1. The molecule has 2 rings (SSSR count). The van der Waals surface area contributed by atoms with Crippen LogP contribution in [-0.2, 0) is 11.3 Å². The molecule has 1 aromatic carbocycles. The molecule has 1 fully saturated rings. The number of carbonyl (C=O) groups excluding carboxylic acids is 1. The van der Waals surface area contributed by atoms with Gasteiger partial charge in [0.2, 0.25) is 6.41 Å². The standard InChI is InChI=1S/C13H18N2O2/c16-9-12-7-15(8-13(12)14-10-17)6-11-4-2-1-3-5-11/h1-5,10,12-13,16H,6-9H2,(H,14,17)/t12?,13-/m0/s1. The van der Waals surface area contributed by atoms with E-state index in [1.807, 2.05) is 18.2 Å². The molecule has 1 heterocycles. The average Bonchev–Trinajstić information content (AvgIpc) is 2.73. The van der Waals surface area contributed by atoms with Gasteiger partial charge in [-0.15, -0.1) is 0 Å². The Kier molecular flexibility index (Phi) is 4.12. The van der Waals surface area contributed by atoms with E-state index >= 15 is 0 Å². The van der Waals surface area contributed by atoms with Gasteiger partial charge in [0.25, 0.3) is 0 Å². The Hall–Kier alpha value is -1.39. The molecule has 0 aromatic heterocycles. The van der Waals surface area contributed by atoms with Gasteiger partial charge in [-0.1, -0.05) is 30.3 Å². The molecule has 4 heteroatoms. The number of aliphatic hydroxyl groups is 1. The topological polar surface area (TPSA) is 52.6 Å². The van der Waals surface area contributed by atoms with Crippen LogP contribution in [0.3, 0.4) is 0 Å². The Balaban J connectivity index is 1.93. The molecule has 1 aliphatic rings. The second-order valence-electron chi connectivity index (χ2n) is 4.51. The number of benzene rings is 1. The summed E-state index contributed by atoms with van der Waals surface area (Å²) >= 11 is 0. The summed E-state index contributed by atoms with van der Waals surface area (Å²) in [4.78, 5) is 12.7. The van der Waals surface area contributed by atoms with E-state index in [1.54, 1.807) is 0 Å². The number of amides is 1. The molecule has 0 radical (unpaired) electrons. The zero-order valence-corrected chi connectivity index (χ0v) is 9.75. The molecule has 2 atom stereocenters. The number of rotatable bonds is 5. The van der Waals surface area contributed by atoms with Crippen LogP contribution in [-0.4, -0.2) is 42.2 Å². The largest absolute Gasteiger partial charge is 0.396 e. The minimum Gasteiger partial charge on any atom is -0.396 e. The van der Waals surface area contributed by atoms with E-state index in [0.717, 1.165) is 26.0 Å². The van der Waals surface area contributed by atoms with Gasteiger partial charge in [0.05, 0.1) is 0 Å². The highest BCUT2D eigenvalue weighted by Gasteiger charge is 2.31. The molecule has 4 nitrogen and oxygen atoms in total. The normalized spacial score (nSPS) is 24.8. The van der Waals surface area contributed by atoms with Gasteiger partial charge < -0.3 is 10.4 Å². The Morgan fingerprint density at radius 1 is 1.35 bits per heavy atom. The lowest BCUT2D eigenvalue weighted by molar-refractivity contribution is -0.110. The summed E-state index contributed by atoms with van der Waals surface area (Å²) in [5.41, 5.74) is 1.26. The molecule has 0 spiro atoms. The predicted molar refractivity (Wildman–Crippen MR) is 65.3 cm³/mol. The van der Waals surface area contributed by atoms with Crippen molar-refractivity contribution in [2.75, 3.05) is 19.7 Å². The van der Waals surface area contributed by atoms with Crippen molar-refractivity contribution in [3.8, 4) is 0 Å². The molecule has 1 saturated heterocycles. The maximum absolute atomic E-state index is 10.5. The van der Waals surface area contributed by atoms with Crippen molar-refractivity contribution < 1.29 is 9.90 Å². The zero-order chi connectivity index (χ0) is 12.1. The highest BCUT2D eigenvalue weighted by atomic mass is 16.3. The van der Waals surface area contributed by atoms with E-state index in [1.165, 1.54) is 5.56 Å². The van der Waals surface area contributed by atoms with E-state index in [4.69, 9.17) is 0 Å². The second-order valence-corrected chi connectivity index (χ2v) is 4.51. The molecular weight excluding hydrogens is 216 g/mol. The molecule has 1 unspecified atom stereocenters. The number of nitrogens with one attached hydrogen (secondary N) is 1. The predicted octanol–water partition coefficient (Wildman–Crippen LogP) is 0.225. The van der Waals surface area contributed by atoms with Crippen LogP contribution in [0.25, 0.3) is 0 Å². The molecule has 0 bridgehead atoms. The average molecular weight is 234 g/mol. The summed E-state index contributed by atoms with van der Waals surface area (Å²) in [7, 11) is 0. The Morgan fingerprint density at radius 3 is 2.76 bits per heavy atom. The fraction of sp³-hybridized carbons (Fsp3) is 0.462. The van der Waals surface area contributed by atoms with Crippen molar-refractivity contribution in [2.45, 2.75) is 12.6 Å². The van der Waals surface area contributed by atoms with Crippen LogP contribution in [0.5, 0.6) is 0 Å². The highest BCUT2D eigenvalue weighted by Crippen LogP contribution is 2.18. The maximum atomic E-state index is 10.5. The summed E-state index contributed by atoms with van der Waals surface area (Å²) in [6, 6.07) is 10.3. The Bertz CT molecular complexity index is 356.